The first-order valence-electron chi connectivity index (χ1n) is 8.44. The van der Waals surface area contributed by atoms with Crippen LogP contribution in [0.25, 0.3) is 0 Å². The van der Waals surface area contributed by atoms with Crippen LogP contribution in [0.4, 0.5) is 5.69 Å². The van der Waals surface area contributed by atoms with Crippen molar-refractivity contribution in [2.24, 2.45) is 4.99 Å². The maximum atomic E-state index is 13.3. The molecule has 0 fully saturated rings. The molecule has 1 atom stereocenters. The van der Waals surface area contributed by atoms with Gasteiger partial charge in [-0.3, -0.25) is 9.59 Å². The van der Waals surface area contributed by atoms with Crippen LogP contribution >= 0.6 is 22.4 Å². The maximum Gasteiger partial charge on any atom is 0.262 e. The van der Waals surface area contributed by atoms with E-state index in [9.17, 15) is 23.1 Å². The van der Waals surface area contributed by atoms with Gasteiger partial charge in [0.15, 0.2) is 11.6 Å². The highest BCUT2D eigenvalue weighted by atomic mass is 35.7. The number of fused-ring (bicyclic) bond motifs is 5. The van der Waals surface area contributed by atoms with Gasteiger partial charge in [0.05, 0.1) is 32.7 Å². The van der Waals surface area contributed by atoms with Crippen molar-refractivity contribution < 1.29 is 23.1 Å². The fraction of sp³-hybridized carbons (Fsp3) is 0.0500. The number of aliphatic hydroxyl groups is 1. The molecule has 9 heteroatoms. The zero-order valence-corrected chi connectivity index (χ0v) is 16.8. The average Bonchev–Trinajstić information content (AvgIpc) is 2.68. The number of aliphatic imine (C=N–C) groups is 1. The fourth-order valence-electron chi connectivity index (χ4n) is 3.64. The van der Waals surface area contributed by atoms with Gasteiger partial charge in [0.25, 0.3) is 9.05 Å². The molecule has 1 heterocycles. The highest BCUT2D eigenvalue weighted by Crippen LogP contribution is 2.48. The maximum absolute atomic E-state index is 13.3. The molecule has 144 valence electrons. The summed E-state index contributed by atoms with van der Waals surface area (Å²) >= 11 is 1.23. The number of benzene rings is 2. The second-order valence-electron chi connectivity index (χ2n) is 6.61. The molecule has 1 N–H and O–H groups in total. The Bertz CT molecular complexity index is 1360. The zero-order valence-electron chi connectivity index (χ0n) is 14.4. The van der Waals surface area contributed by atoms with Gasteiger partial charge in [-0.15, -0.1) is 11.8 Å². The van der Waals surface area contributed by atoms with E-state index in [1.165, 1.54) is 36.0 Å². The summed E-state index contributed by atoms with van der Waals surface area (Å²) in [4.78, 5) is 31.0. The third-order valence-corrected chi connectivity index (χ3v) is 7.44. The molecule has 29 heavy (non-hydrogen) atoms. The number of hydrogen-bond donors (Lipinski definition) is 1. The van der Waals surface area contributed by atoms with E-state index >= 15 is 0 Å². The van der Waals surface area contributed by atoms with Gasteiger partial charge in [-0.1, -0.05) is 24.3 Å². The van der Waals surface area contributed by atoms with E-state index in [1.54, 1.807) is 24.3 Å². The number of carbonyl (C=O) groups is 2. The topological polar surface area (TPSA) is 101 Å². The number of rotatable bonds is 1. The molecule has 2 aliphatic carbocycles. The summed E-state index contributed by atoms with van der Waals surface area (Å²) in [6.45, 7) is 0. The van der Waals surface area contributed by atoms with Gasteiger partial charge in [0.2, 0.25) is 0 Å². The number of allylic oxidation sites excluding steroid dienone is 2. The number of hydrogen-bond acceptors (Lipinski definition) is 7. The summed E-state index contributed by atoms with van der Waals surface area (Å²) in [5, 5.41) is 9.40. The molecular weight excluding hydrogens is 434 g/mol. The van der Waals surface area contributed by atoms with Gasteiger partial charge >= 0.3 is 0 Å². The Labute approximate surface area is 174 Å². The van der Waals surface area contributed by atoms with E-state index in [4.69, 9.17) is 10.7 Å². The van der Waals surface area contributed by atoms with E-state index in [2.05, 4.69) is 4.99 Å². The van der Waals surface area contributed by atoms with Crippen LogP contribution in [0.3, 0.4) is 0 Å². The molecule has 1 unspecified atom stereocenters. The van der Waals surface area contributed by atoms with Gasteiger partial charge in [0, 0.05) is 26.7 Å². The van der Waals surface area contributed by atoms with Crippen molar-refractivity contribution in [2.75, 3.05) is 0 Å². The van der Waals surface area contributed by atoms with E-state index in [0.717, 1.165) is 0 Å². The molecule has 1 aliphatic heterocycles. The summed E-state index contributed by atoms with van der Waals surface area (Å²) in [6.07, 6.45) is 4.67. The average molecular weight is 444 g/mol. The van der Waals surface area contributed by atoms with Crippen LogP contribution in [0.15, 0.2) is 69.1 Å². The number of aliphatic hydroxyl groups excluding tert-OH is 1. The molecule has 2 aromatic carbocycles. The third kappa shape index (κ3) is 2.71. The molecule has 6 nitrogen and oxygen atoms in total. The van der Waals surface area contributed by atoms with Crippen molar-refractivity contribution in [3.05, 3.63) is 76.6 Å². The lowest BCUT2D eigenvalue weighted by Crippen LogP contribution is -2.25. The molecule has 0 saturated carbocycles. The normalized spacial score (nSPS) is 19.6. The van der Waals surface area contributed by atoms with Gasteiger partial charge in [-0.25, -0.2) is 13.4 Å². The van der Waals surface area contributed by atoms with E-state index in [1.807, 2.05) is 0 Å². The Balaban J connectivity index is 1.87. The molecule has 0 saturated heterocycles. The van der Waals surface area contributed by atoms with Crippen LogP contribution in [-0.2, 0) is 9.05 Å². The highest BCUT2D eigenvalue weighted by molar-refractivity contribution is 8.13. The summed E-state index contributed by atoms with van der Waals surface area (Å²) in [7, 11) is 1.32. The summed E-state index contributed by atoms with van der Waals surface area (Å²) < 4.78 is 24.6. The number of ketones is 2. The lowest BCUT2D eigenvalue weighted by Gasteiger charge is -2.27. The minimum Gasteiger partial charge on any atom is -0.508 e. The van der Waals surface area contributed by atoms with Crippen LogP contribution in [-0.4, -0.2) is 36.1 Å². The van der Waals surface area contributed by atoms with Crippen LogP contribution in [0.5, 0.6) is 0 Å². The first-order chi connectivity index (χ1) is 13.8. The molecule has 2 aromatic rings. The number of halogens is 1. The first kappa shape index (κ1) is 18.4. The fourth-order valence-corrected chi connectivity index (χ4v) is 5.95. The second kappa shape index (κ2) is 6.16. The van der Waals surface area contributed by atoms with Crippen molar-refractivity contribution in [3.8, 4) is 0 Å². The Hall–Kier alpha value is -2.68. The minimum absolute atomic E-state index is 0.0592. The van der Waals surface area contributed by atoms with Gasteiger partial charge in [0.1, 0.15) is 5.76 Å². The second-order valence-corrected chi connectivity index (χ2v) is 10.3. The Morgan fingerprint density at radius 2 is 1.69 bits per heavy atom. The van der Waals surface area contributed by atoms with E-state index < -0.39 is 25.5 Å². The first-order valence-corrected chi connectivity index (χ1v) is 11.6. The van der Waals surface area contributed by atoms with E-state index in [0.29, 0.717) is 10.6 Å². The Morgan fingerprint density at radius 3 is 2.34 bits per heavy atom. The summed E-state index contributed by atoms with van der Waals surface area (Å²) in [5.74, 6) is -0.996. The van der Waals surface area contributed by atoms with Crippen LogP contribution in [0.2, 0.25) is 0 Å². The van der Waals surface area contributed by atoms with Crippen LogP contribution in [0.1, 0.15) is 31.8 Å². The van der Waals surface area contributed by atoms with Gasteiger partial charge in [-0.05, 0) is 24.3 Å². The van der Waals surface area contributed by atoms with Crippen LogP contribution in [0, 0.1) is 0 Å². The van der Waals surface area contributed by atoms with Crippen molar-refractivity contribution in [1.82, 2.24) is 0 Å². The monoisotopic (exact) mass is 443 g/mol. The van der Waals surface area contributed by atoms with Crippen molar-refractivity contribution in [3.63, 3.8) is 0 Å². The SMILES string of the molecule is O=C1c2ccccc2C(=O)c2c3c(cc(S(=O)(=O)Cl)c21)SC1C=C(O)C=CC1=N3. The number of thioether (sulfide) groups is 1. The van der Waals surface area contributed by atoms with Gasteiger partial charge < -0.3 is 5.11 Å². The smallest absolute Gasteiger partial charge is 0.262 e. The molecule has 5 rings (SSSR count). The Morgan fingerprint density at radius 1 is 1.03 bits per heavy atom. The highest BCUT2D eigenvalue weighted by Gasteiger charge is 2.39. The molecule has 0 bridgehead atoms. The molecule has 0 radical (unpaired) electrons. The predicted octanol–water partition coefficient (Wildman–Crippen LogP) is 3.95. The van der Waals surface area contributed by atoms with Crippen molar-refractivity contribution in [2.45, 2.75) is 15.0 Å². The number of nitrogens with zero attached hydrogens (tertiary/aromatic N) is 1. The van der Waals surface area contributed by atoms with Crippen LogP contribution < -0.4 is 0 Å². The Kier molecular flexibility index (Phi) is 3.90. The van der Waals surface area contributed by atoms with Crippen molar-refractivity contribution in [1.29, 1.82) is 0 Å². The lowest BCUT2D eigenvalue weighted by atomic mass is 9.83. The molecule has 3 aliphatic rings. The zero-order chi connectivity index (χ0) is 20.5. The standard InChI is InChI=1S/C20H10ClNO5S2/c21-29(26,27)15-8-14-18(22-12-6-5-9(23)7-13(12)28-14)17-16(15)19(24)10-3-1-2-4-11(10)20(17)25/h1-8,13,23H. The molecule has 0 aromatic heterocycles. The van der Waals surface area contributed by atoms with E-state index in [-0.39, 0.29) is 39.0 Å². The molecular formula is C20H10ClNO5S2. The molecule has 0 spiro atoms. The van der Waals surface area contributed by atoms with Crippen molar-refractivity contribution >= 4 is 54.5 Å². The summed E-state index contributed by atoms with van der Waals surface area (Å²) in [5.41, 5.74) is 0.849. The van der Waals surface area contributed by atoms with Gasteiger partial charge in [-0.2, -0.15) is 0 Å². The number of carbonyl (C=O) groups excluding carboxylic acids is 2. The summed E-state index contributed by atoms with van der Waals surface area (Å²) in [6, 6.07) is 7.53. The third-order valence-electron chi connectivity index (χ3n) is 4.90. The lowest BCUT2D eigenvalue weighted by molar-refractivity contribution is 0.0977. The quantitative estimate of drug-likeness (QED) is 0.571. The largest absolute Gasteiger partial charge is 0.508 e. The molecule has 0 amide bonds. The minimum atomic E-state index is -4.32. The predicted molar refractivity (Wildman–Crippen MR) is 109 cm³/mol.